The maximum Gasteiger partial charge on any atom is 0.255 e. The minimum Gasteiger partial charge on any atom is -0.378 e. The van der Waals surface area contributed by atoms with E-state index in [1.807, 2.05) is 24.3 Å². The number of hydrogen-bond donors (Lipinski definition) is 1. The number of para-hydroxylation sites is 2. The third-order valence-corrected chi connectivity index (χ3v) is 5.11. The molecule has 1 aliphatic heterocycles. The number of hydrogen-bond acceptors (Lipinski definition) is 3. The highest BCUT2D eigenvalue weighted by atomic mass is 16.5. The monoisotopic (exact) mass is 336 g/mol. The molecule has 4 nitrogen and oxygen atoms in total. The molecular formula is C21H24N2O2. The van der Waals surface area contributed by atoms with Crippen molar-refractivity contribution in [3.8, 4) is 0 Å². The average molecular weight is 336 g/mol. The Morgan fingerprint density at radius 3 is 2.56 bits per heavy atom. The molecule has 25 heavy (non-hydrogen) atoms. The van der Waals surface area contributed by atoms with Crippen molar-refractivity contribution in [1.29, 1.82) is 0 Å². The van der Waals surface area contributed by atoms with Crippen LogP contribution in [0.25, 0.3) is 0 Å². The molecule has 0 radical (unpaired) electrons. The van der Waals surface area contributed by atoms with Gasteiger partial charge in [0.2, 0.25) is 0 Å². The van der Waals surface area contributed by atoms with Gasteiger partial charge in [-0.15, -0.1) is 0 Å². The lowest BCUT2D eigenvalue weighted by molar-refractivity contribution is 0.102. The average Bonchev–Trinajstić information content (AvgIpc) is 2.68. The molecule has 130 valence electrons. The Morgan fingerprint density at radius 1 is 0.960 bits per heavy atom. The van der Waals surface area contributed by atoms with Gasteiger partial charge >= 0.3 is 0 Å². The molecular weight excluding hydrogens is 312 g/mol. The van der Waals surface area contributed by atoms with Crippen LogP contribution in [0.3, 0.4) is 0 Å². The summed E-state index contributed by atoms with van der Waals surface area (Å²) in [6, 6.07) is 14.2. The van der Waals surface area contributed by atoms with Crippen molar-refractivity contribution < 1.29 is 9.53 Å². The van der Waals surface area contributed by atoms with Gasteiger partial charge in [-0.25, -0.2) is 0 Å². The topological polar surface area (TPSA) is 41.6 Å². The number of morpholine rings is 1. The Hall–Kier alpha value is -2.33. The van der Waals surface area contributed by atoms with E-state index in [2.05, 4.69) is 28.4 Å². The highest BCUT2D eigenvalue weighted by molar-refractivity contribution is 6.06. The molecule has 0 spiro atoms. The van der Waals surface area contributed by atoms with Gasteiger partial charge in [-0.05, 0) is 61.1 Å². The normalized spacial score (nSPS) is 17.0. The summed E-state index contributed by atoms with van der Waals surface area (Å²) >= 11 is 0. The molecule has 2 aliphatic rings. The number of amides is 1. The Labute approximate surface area is 148 Å². The Morgan fingerprint density at radius 2 is 1.72 bits per heavy atom. The quantitative estimate of drug-likeness (QED) is 0.930. The number of carbonyl (C=O) groups excluding carboxylic acids is 1. The van der Waals surface area contributed by atoms with Crippen LogP contribution >= 0.6 is 0 Å². The zero-order chi connectivity index (χ0) is 17.1. The van der Waals surface area contributed by atoms with Crippen molar-refractivity contribution in [3.63, 3.8) is 0 Å². The van der Waals surface area contributed by atoms with Crippen molar-refractivity contribution in [2.75, 3.05) is 36.5 Å². The molecule has 2 aromatic rings. The van der Waals surface area contributed by atoms with Crippen molar-refractivity contribution in [2.24, 2.45) is 0 Å². The number of anilines is 2. The molecule has 1 amide bonds. The summed E-state index contributed by atoms with van der Waals surface area (Å²) in [6.45, 7) is 3.16. The molecule has 1 heterocycles. The molecule has 4 rings (SSSR count). The van der Waals surface area contributed by atoms with Crippen LogP contribution < -0.4 is 10.2 Å². The fourth-order valence-corrected chi connectivity index (χ4v) is 3.73. The van der Waals surface area contributed by atoms with Gasteiger partial charge in [0.25, 0.3) is 5.91 Å². The lowest BCUT2D eigenvalue weighted by Crippen LogP contribution is -2.36. The van der Waals surface area contributed by atoms with E-state index in [0.717, 1.165) is 56.1 Å². The molecule has 1 saturated heterocycles. The van der Waals surface area contributed by atoms with Gasteiger partial charge in [-0.2, -0.15) is 0 Å². The van der Waals surface area contributed by atoms with E-state index < -0.39 is 0 Å². The van der Waals surface area contributed by atoms with Crippen LogP contribution in [0.1, 0.15) is 34.3 Å². The first-order valence-corrected chi connectivity index (χ1v) is 9.16. The first-order chi connectivity index (χ1) is 12.3. The SMILES string of the molecule is O=C(Nc1ccccc1N1CCOCC1)c1ccc2c(c1)CCCC2. The van der Waals surface area contributed by atoms with E-state index in [-0.39, 0.29) is 5.91 Å². The second-order valence-corrected chi connectivity index (χ2v) is 6.76. The standard InChI is InChI=1S/C21H24N2O2/c24-21(18-10-9-16-5-1-2-6-17(16)15-18)22-19-7-3-4-8-20(19)23-11-13-25-14-12-23/h3-4,7-10,15H,1-2,5-6,11-14H2,(H,22,24). The lowest BCUT2D eigenvalue weighted by atomic mass is 9.90. The van der Waals surface area contributed by atoms with Gasteiger partial charge in [-0.1, -0.05) is 18.2 Å². The number of fused-ring (bicyclic) bond motifs is 1. The lowest BCUT2D eigenvalue weighted by Gasteiger charge is -2.30. The number of rotatable bonds is 3. The maximum atomic E-state index is 12.8. The molecule has 1 fully saturated rings. The van der Waals surface area contributed by atoms with Crippen LogP contribution in [0.2, 0.25) is 0 Å². The van der Waals surface area contributed by atoms with E-state index >= 15 is 0 Å². The fourth-order valence-electron chi connectivity index (χ4n) is 3.73. The summed E-state index contributed by atoms with van der Waals surface area (Å²) in [7, 11) is 0. The molecule has 2 aromatic carbocycles. The predicted octanol–water partition coefficient (Wildman–Crippen LogP) is 3.65. The van der Waals surface area contributed by atoms with E-state index in [0.29, 0.717) is 0 Å². The van der Waals surface area contributed by atoms with Crippen LogP contribution in [0, 0.1) is 0 Å². The first kappa shape index (κ1) is 16.2. The summed E-state index contributed by atoms with van der Waals surface area (Å²) in [4.78, 5) is 15.1. The van der Waals surface area contributed by atoms with E-state index in [9.17, 15) is 4.79 Å². The smallest absolute Gasteiger partial charge is 0.255 e. The van der Waals surface area contributed by atoms with Crippen LogP contribution in [-0.2, 0) is 17.6 Å². The number of nitrogens with zero attached hydrogens (tertiary/aromatic N) is 1. The van der Waals surface area contributed by atoms with Gasteiger partial charge in [0.15, 0.2) is 0 Å². The zero-order valence-corrected chi connectivity index (χ0v) is 14.5. The number of ether oxygens (including phenoxy) is 1. The minimum atomic E-state index is -0.0333. The van der Waals surface area contributed by atoms with Gasteiger partial charge in [-0.3, -0.25) is 4.79 Å². The van der Waals surface area contributed by atoms with Gasteiger partial charge < -0.3 is 15.0 Å². The van der Waals surface area contributed by atoms with E-state index in [1.54, 1.807) is 0 Å². The van der Waals surface area contributed by atoms with Crippen LogP contribution in [0.15, 0.2) is 42.5 Å². The van der Waals surface area contributed by atoms with E-state index in [1.165, 1.54) is 24.0 Å². The predicted molar refractivity (Wildman–Crippen MR) is 101 cm³/mol. The fraction of sp³-hybridized carbons (Fsp3) is 0.381. The molecule has 1 aliphatic carbocycles. The van der Waals surface area contributed by atoms with Gasteiger partial charge in [0, 0.05) is 18.7 Å². The summed E-state index contributed by atoms with van der Waals surface area (Å²) in [5.74, 6) is -0.0333. The van der Waals surface area contributed by atoms with Crippen molar-refractivity contribution >= 4 is 17.3 Å². The van der Waals surface area contributed by atoms with Crippen molar-refractivity contribution in [3.05, 3.63) is 59.2 Å². The minimum absolute atomic E-state index is 0.0333. The van der Waals surface area contributed by atoms with E-state index in [4.69, 9.17) is 4.74 Å². The van der Waals surface area contributed by atoms with Crippen molar-refractivity contribution in [2.45, 2.75) is 25.7 Å². The summed E-state index contributed by atoms with van der Waals surface area (Å²) < 4.78 is 5.44. The molecule has 0 aromatic heterocycles. The molecule has 1 N–H and O–H groups in total. The maximum absolute atomic E-state index is 12.8. The summed E-state index contributed by atoms with van der Waals surface area (Å²) in [6.07, 6.45) is 4.70. The van der Waals surface area contributed by atoms with Crippen molar-refractivity contribution in [1.82, 2.24) is 0 Å². The number of aryl methyl sites for hydroxylation is 2. The molecule has 0 unspecified atom stereocenters. The molecule has 4 heteroatoms. The summed E-state index contributed by atoms with van der Waals surface area (Å²) in [5.41, 5.74) is 5.42. The highest BCUT2D eigenvalue weighted by Crippen LogP contribution is 2.27. The largest absolute Gasteiger partial charge is 0.378 e. The Bertz CT molecular complexity index is 766. The molecule has 0 atom stereocenters. The highest BCUT2D eigenvalue weighted by Gasteiger charge is 2.17. The van der Waals surface area contributed by atoms with Crippen LogP contribution in [0.5, 0.6) is 0 Å². The van der Waals surface area contributed by atoms with Crippen LogP contribution in [-0.4, -0.2) is 32.2 Å². The number of carbonyl (C=O) groups is 1. The Balaban J connectivity index is 1.55. The molecule has 0 saturated carbocycles. The molecule has 0 bridgehead atoms. The number of benzene rings is 2. The first-order valence-electron chi connectivity index (χ1n) is 9.16. The van der Waals surface area contributed by atoms with Gasteiger partial charge in [0.05, 0.1) is 24.6 Å². The zero-order valence-electron chi connectivity index (χ0n) is 14.5. The second-order valence-electron chi connectivity index (χ2n) is 6.76. The second kappa shape index (κ2) is 7.28. The Kier molecular flexibility index (Phi) is 4.70. The third kappa shape index (κ3) is 3.54. The number of nitrogens with one attached hydrogen (secondary N) is 1. The van der Waals surface area contributed by atoms with Crippen LogP contribution in [0.4, 0.5) is 11.4 Å². The summed E-state index contributed by atoms with van der Waals surface area (Å²) in [5, 5.41) is 3.11. The van der Waals surface area contributed by atoms with Gasteiger partial charge in [0.1, 0.15) is 0 Å². The third-order valence-electron chi connectivity index (χ3n) is 5.11.